The fourth-order valence-electron chi connectivity index (χ4n) is 2.82. The molecule has 2 heterocycles. The molecule has 0 saturated carbocycles. The van der Waals surface area contributed by atoms with Crippen LogP contribution in [0.1, 0.15) is 19.8 Å². The molecule has 2 amide bonds. The van der Waals surface area contributed by atoms with E-state index in [9.17, 15) is 18.4 Å². The number of carbonyl (C=O) groups is 2. The number of nitrogens with one attached hydrogen (secondary N) is 1. The molecule has 2 aliphatic rings. The van der Waals surface area contributed by atoms with Gasteiger partial charge in [0, 0.05) is 18.2 Å². The van der Waals surface area contributed by atoms with E-state index in [-0.39, 0.29) is 16.5 Å². The standard InChI is InChI=1S/C14H14F2N2O2S/c1-14-5-4-12(19)18(14)11(7-21-14)13(20)17-10-6-8(15)2-3-9(10)16/h2-3,6,11H,4-5,7H2,1H3,(H,17,20)/t11-,14-/m1/s1. The van der Waals surface area contributed by atoms with E-state index in [0.29, 0.717) is 18.6 Å². The predicted octanol–water partition coefficient (Wildman–Crippen LogP) is 2.36. The minimum Gasteiger partial charge on any atom is -0.322 e. The Labute approximate surface area is 124 Å². The van der Waals surface area contributed by atoms with Gasteiger partial charge in [-0.05, 0) is 25.5 Å². The summed E-state index contributed by atoms with van der Waals surface area (Å²) in [6, 6.07) is 2.23. The highest BCUT2D eigenvalue weighted by Crippen LogP contribution is 2.47. The minimum absolute atomic E-state index is 0.0673. The highest BCUT2D eigenvalue weighted by molar-refractivity contribution is 8.01. The molecule has 0 bridgehead atoms. The van der Waals surface area contributed by atoms with Crippen molar-refractivity contribution >= 4 is 29.3 Å². The highest BCUT2D eigenvalue weighted by Gasteiger charge is 2.52. The predicted molar refractivity (Wildman–Crippen MR) is 75.7 cm³/mol. The van der Waals surface area contributed by atoms with Crippen molar-refractivity contribution in [1.82, 2.24) is 4.90 Å². The molecule has 1 N–H and O–H groups in total. The van der Waals surface area contributed by atoms with Crippen molar-refractivity contribution in [2.45, 2.75) is 30.7 Å². The van der Waals surface area contributed by atoms with Gasteiger partial charge in [-0.3, -0.25) is 9.59 Å². The molecule has 1 aromatic rings. The zero-order chi connectivity index (χ0) is 15.2. The van der Waals surface area contributed by atoms with Gasteiger partial charge in [-0.1, -0.05) is 0 Å². The Hall–Kier alpha value is -1.63. The van der Waals surface area contributed by atoms with Crippen LogP contribution in [0.4, 0.5) is 14.5 Å². The fourth-order valence-corrected chi connectivity index (χ4v) is 4.26. The van der Waals surface area contributed by atoms with E-state index in [1.165, 1.54) is 0 Å². The lowest BCUT2D eigenvalue weighted by Crippen LogP contribution is -2.48. The van der Waals surface area contributed by atoms with Crippen LogP contribution in [-0.2, 0) is 9.59 Å². The number of hydrogen-bond acceptors (Lipinski definition) is 3. The second kappa shape index (κ2) is 4.98. The third-order valence-corrected chi connectivity index (χ3v) is 5.44. The topological polar surface area (TPSA) is 49.4 Å². The molecule has 0 aromatic heterocycles. The van der Waals surface area contributed by atoms with Crippen LogP contribution in [-0.4, -0.2) is 33.4 Å². The molecule has 0 spiro atoms. The Bertz CT molecular complexity index is 625. The molecule has 112 valence electrons. The molecule has 0 aliphatic carbocycles. The van der Waals surface area contributed by atoms with Gasteiger partial charge in [-0.15, -0.1) is 11.8 Å². The van der Waals surface area contributed by atoms with Crippen LogP contribution < -0.4 is 5.32 Å². The fraction of sp³-hybridized carbons (Fsp3) is 0.429. The summed E-state index contributed by atoms with van der Waals surface area (Å²) in [5, 5.41) is 2.38. The van der Waals surface area contributed by atoms with E-state index in [1.807, 2.05) is 6.92 Å². The molecule has 2 aliphatic heterocycles. The minimum atomic E-state index is -0.703. The molecule has 3 rings (SSSR count). The van der Waals surface area contributed by atoms with Gasteiger partial charge in [0.25, 0.3) is 0 Å². The second-order valence-corrected chi connectivity index (χ2v) is 6.88. The van der Waals surface area contributed by atoms with Gasteiger partial charge in [-0.2, -0.15) is 0 Å². The lowest BCUT2D eigenvalue weighted by molar-refractivity contribution is -0.135. The highest BCUT2D eigenvalue weighted by atomic mass is 32.2. The summed E-state index contributed by atoms with van der Waals surface area (Å²) < 4.78 is 26.7. The van der Waals surface area contributed by atoms with Gasteiger partial charge in [0.05, 0.1) is 10.6 Å². The first kappa shape index (κ1) is 14.3. The monoisotopic (exact) mass is 312 g/mol. The Balaban J connectivity index is 1.80. The van der Waals surface area contributed by atoms with E-state index >= 15 is 0 Å². The van der Waals surface area contributed by atoms with E-state index in [2.05, 4.69) is 5.32 Å². The number of halogens is 2. The second-order valence-electron chi connectivity index (χ2n) is 5.38. The summed E-state index contributed by atoms with van der Waals surface area (Å²) in [6.45, 7) is 1.93. The first-order chi connectivity index (χ1) is 9.90. The SMILES string of the molecule is C[C@@]12CCC(=O)N1[C@@H](C(=O)Nc1cc(F)ccc1F)CS2. The number of anilines is 1. The van der Waals surface area contributed by atoms with E-state index in [0.717, 1.165) is 18.2 Å². The number of amides is 2. The lowest BCUT2D eigenvalue weighted by Gasteiger charge is -2.29. The number of carbonyl (C=O) groups excluding carboxylic acids is 2. The maximum atomic E-state index is 13.6. The van der Waals surface area contributed by atoms with Crippen LogP contribution in [0.25, 0.3) is 0 Å². The maximum Gasteiger partial charge on any atom is 0.248 e. The number of fused-ring (bicyclic) bond motifs is 1. The van der Waals surface area contributed by atoms with E-state index < -0.39 is 23.6 Å². The van der Waals surface area contributed by atoms with Crippen LogP contribution in [0.5, 0.6) is 0 Å². The van der Waals surface area contributed by atoms with Crippen LogP contribution >= 0.6 is 11.8 Å². The third kappa shape index (κ3) is 2.39. The van der Waals surface area contributed by atoms with Gasteiger partial charge in [-0.25, -0.2) is 8.78 Å². The number of thioether (sulfide) groups is 1. The van der Waals surface area contributed by atoms with Crippen LogP contribution in [0, 0.1) is 11.6 Å². The van der Waals surface area contributed by atoms with Gasteiger partial charge in [0.1, 0.15) is 17.7 Å². The number of rotatable bonds is 2. The van der Waals surface area contributed by atoms with Gasteiger partial charge < -0.3 is 10.2 Å². The van der Waals surface area contributed by atoms with Crippen molar-refractivity contribution in [2.24, 2.45) is 0 Å². The van der Waals surface area contributed by atoms with Crippen LogP contribution in [0.3, 0.4) is 0 Å². The zero-order valence-corrected chi connectivity index (χ0v) is 12.2. The Morgan fingerprint density at radius 3 is 3.00 bits per heavy atom. The molecule has 7 heteroatoms. The van der Waals surface area contributed by atoms with Gasteiger partial charge in [0.2, 0.25) is 11.8 Å². The molecule has 21 heavy (non-hydrogen) atoms. The molecule has 2 saturated heterocycles. The van der Waals surface area contributed by atoms with Gasteiger partial charge in [0.15, 0.2) is 0 Å². The Kier molecular flexibility index (Phi) is 3.39. The summed E-state index contributed by atoms with van der Waals surface area (Å²) in [4.78, 5) is 25.5. The third-order valence-electron chi connectivity index (χ3n) is 3.93. The summed E-state index contributed by atoms with van der Waals surface area (Å²) in [6.07, 6.45) is 1.12. The van der Waals surface area contributed by atoms with E-state index in [1.54, 1.807) is 16.7 Å². The molecule has 0 unspecified atom stereocenters. The molecule has 0 radical (unpaired) electrons. The quantitative estimate of drug-likeness (QED) is 0.912. The average Bonchev–Trinajstić information content (AvgIpc) is 2.91. The van der Waals surface area contributed by atoms with Crippen molar-refractivity contribution in [3.63, 3.8) is 0 Å². The number of benzene rings is 1. The van der Waals surface area contributed by atoms with Gasteiger partial charge >= 0.3 is 0 Å². The van der Waals surface area contributed by atoms with Crippen molar-refractivity contribution in [3.8, 4) is 0 Å². The molecule has 1 aromatic carbocycles. The first-order valence-corrected chi connectivity index (χ1v) is 7.61. The van der Waals surface area contributed by atoms with Crippen molar-refractivity contribution in [3.05, 3.63) is 29.8 Å². The summed E-state index contributed by atoms with van der Waals surface area (Å²) in [5.41, 5.74) is -0.203. The average molecular weight is 312 g/mol. The van der Waals surface area contributed by atoms with Crippen molar-refractivity contribution in [1.29, 1.82) is 0 Å². The maximum absolute atomic E-state index is 13.6. The lowest BCUT2D eigenvalue weighted by atomic mass is 10.2. The number of hydrogen-bond donors (Lipinski definition) is 1. The summed E-state index contributed by atoms with van der Waals surface area (Å²) >= 11 is 1.55. The molecule has 2 fully saturated rings. The van der Waals surface area contributed by atoms with Crippen molar-refractivity contribution < 1.29 is 18.4 Å². The molecule has 4 nitrogen and oxygen atoms in total. The summed E-state index contributed by atoms with van der Waals surface area (Å²) in [5.74, 6) is -1.42. The number of nitrogens with zero attached hydrogens (tertiary/aromatic N) is 1. The summed E-state index contributed by atoms with van der Waals surface area (Å²) in [7, 11) is 0. The Morgan fingerprint density at radius 2 is 2.24 bits per heavy atom. The molecule has 2 atom stereocenters. The van der Waals surface area contributed by atoms with Crippen LogP contribution in [0.15, 0.2) is 18.2 Å². The zero-order valence-electron chi connectivity index (χ0n) is 11.4. The first-order valence-electron chi connectivity index (χ1n) is 6.63. The van der Waals surface area contributed by atoms with E-state index in [4.69, 9.17) is 0 Å². The smallest absolute Gasteiger partial charge is 0.248 e. The Morgan fingerprint density at radius 1 is 1.48 bits per heavy atom. The normalized spacial score (nSPS) is 27.9. The van der Waals surface area contributed by atoms with Crippen molar-refractivity contribution in [2.75, 3.05) is 11.1 Å². The van der Waals surface area contributed by atoms with Crippen LogP contribution in [0.2, 0.25) is 0 Å². The molecular weight excluding hydrogens is 298 g/mol. The molecular formula is C14H14F2N2O2S. The largest absolute Gasteiger partial charge is 0.322 e.